The molecular weight excluding hydrogens is 234 g/mol. The number of likely N-dealkylation sites (tertiary alicyclic amines) is 1. The van der Waals surface area contributed by atoms with Gasteiger partial charge < -0.3 is 10.0 Å². The fourth-order valence-corrected chi connectivity index (χ4v) is 2.93. The van der Waals surface area contributed by atoms with Crippen molar-refractivity contribution in [2.24, 2.45) is 0 Å². The quantitative estimate of drug-likeness (QED) is 0.832. The lowest BCUT2D eigenvalue weighted by Crippen LogP contribution is -2.35. The Hall–Kier alpha value is -1.00. The van der Waals surface area contributed by atoms with Gasteiger partial charge in [-0.1, -0.05) is 18.2 Å². The molecule has 1 unspecified atom stereocenters. The van der Waals surface area contributed by atoms with Crippen molar-refractivity contribution in [2.45, 2.75) is 29.6 Å². The van der Waals surface area contributed by atoms with Gasteiger partial charge in [0.25, 0.3) is 0 Å². The predicted molar refractivity (Wildman–Crippen MR) is 69.0 cm³/mol. The second kappa shape index (κ2) is 5.56. The molecule has 1 aromatic carbocycles. The normalized spacial score (nSPS) is 21.5. The van der Waals surface area contributed by atoms with Crippen LogP contribution in [-0.4, -0.2) is 40.4 Å². The number of hydrogen-bond donors (Lipinski definition) is 1. The van der Waals surface area contributed by atoms with Crippen molar-refractivity contribution in [3.63, 3.8) is 0 Å². The zero-order valence-electron chi connectivity index (χ0n) is 9.87. The molecule has 1 N–H and O–H groups in total. The van der Waals surface area contributed by atoms with Crippen LogP contribution in [0.4, 0.5) is 0 Å². The predicted octanol–water partition coefficient (Wildman–Crippen LogP) is 1.76. The van der Waals surface area contributed by atoms with Gasteiger partial charge in [0.2, 0.25) is 5.91 Å². The number of nitrogens with zero attached hydrogens (tertiary/aromatic N) is 1. The zero-order valence-corrected chi connectivity index (χ0v) is 10.7. The minimum atomic E-state index is -0.340. The number of amides is 1. The van der Waals surface area contributed by atoms with Gasteiger partial charge in [0.1, 0.15) is 0 Å². The van der Waals surface area contributed by atoms with Crippen molar-refractivity contribution < 1.29 is 9.90 Å². The van der Waals surface area contributed by atoms with Crippen molar-refractivity contribution >= 4 is 17.7 Å². The van der Waals surface area contributed by atoms with E-state index in [1.807, 2.05) is 37.3 Å². The molecule has 0 radical (unpaired) electrons. The fourth-order valence-electron chi connectivity index (χ4n) is 1.95. The molecule has 92 valence electrons. The van der Waals surface area contributed by atoms with Crippen molar-refractivity contribution in [1.29, 1.82) is 0 Å². The van der Waals surface area contributed by atoms with E-state index in [2.05, 4.69) is 0 Å². The summed E-state index contributed by atoms with van der Waals surface area (Å²) in [5.41, 5.74) is 0. The highest BCUT2D eigenvalue weighted by Crippen LogP contribution is 2.25. The molecule has 1 heterocycles. The number of benzene rings is 1. The molecular formula is C13H17NO2S. The zero-order chi connectivity index (χ0) is 12.3. The van der Waals surface area contributed by atoms with Crippen molar-refractivity contribution in [3.8, 4) is 0 Å². The third-order valence-corrected chi connectivity index (χ3v) is 3.98. The lowest BCUT2D eigenvalue weighted by atomic mass is 10.3. The van der Waals surface area contributed by atoms with Gasteiger partial charge in [0.05, 0.1) is 11.4 Å². The summed E-state index contributed by atoms with van der Waals surface area (Å²) in [4.78, 5) is 14.9. The largest absolute Gasteiger partial charge is 0.391 e. The topological polar surface area (TPSA) is 40.5 Å². The van der Waals surface area contributed by atoms with E-state index >= 15 is 0 Å². The van der Waals surface area contributed by atoms with E-state index in [1.165, 1.54) is 0 Å². The van der Waals surface area contributed by atoms with Crippen molar-refractivity contribution in [1.82, 2.24) is 4.90 Å². The summed E-state index contributed by atoms with van der Waals surface area (Å²) in [5, 5.41) is 9.32. The summed E-state index contributed by atoms with van der Waals surface area (Å²) in [6.07, 6.45) is 0.363. The molecule has 1 aromatic rings. The first-order valence-corrected chi connectivity index (χ1v) is 6.73. The number of carbonyl (C=O) groups is 1. The summed E-state index contributed by atoms with van der Waals surface area (Å²) >= 11 is 1.57. The summed E-state index contributed by atoms with van der Waals surface area (Å²) in [6, 6.07) is 9.92. The molecule has 1 fully saturated rings. The molecule has 4 heteroatoms. The lowest BCUT2D eigenvalue weighted by Gasteiger charge is -2.20. The van der Waals surface area contributed by atoms with Crippen LogP contribution in [0.2, 0.25) is 0 Å². The first-order valence-electron chi connectivity index (χ1n) is 5.85. The van der Waals surface area contributed by atoms with E-state index in [0.29, 0.717) is 19.5 Å². The lowest BCUT2D eigenvalue weighted by molar-refractivity contribution is -0.129. The number of rotatable bonds is 3. The smallest absolute Gasteiger partial charge is 0.235 e. The Kier molecular flexibility index (Phi) is 4.07. The number of aliphatic hydroxyl groups excluding tert-OH is 1. The van der Waals surface area contributed by atoms with Crippen LogP contribution in [0, 0.1) is 0 Å². The molecule has 1 aliphatic heterocycles. The van der Waals surface area contributed by atoms with E-state index in [0.717, 1.165) is 4.90 Å². The van der Waals surface area contributed by atoms with E-state index in [-0.39, 0.29) is 17.3 Å². The SMILES string of the molecule is CC(Sc1ccccc1)C(=O)N1CC[C@@H](O)C1. The molecule has 0 aliphatic carbocycles. The van der Waals surface area contributed by atoms with Gasteiger partial charge in [-0.3, -0.25) is 4.79 Å². The molecule has 0 spiro atoms. The Morgan fingerprint density at radius 2 is 2.18 bits per heavy atom. The molecule has 2 rings (SSSR count). The van der Waals surface area contributed by atoms with Gasteiger partial charge in [-0.05, 0) is 25.5 Å². The molecule has 1 aliphatic rings. The summed E-state index contributed by atoms with van der Waals surface area (Å²) in [7, 11) is 0. The number of aliphatic hydroxyl groups is 1. The monoisotopic (exact) mass is 251 g/mol. The summed E-state index contributed by atoms with van der Waals surface area (Å²) < 4.78 is 0. The van der Waals surface area contributed by atoms with Gasteiger partial charge in [-0.15, -0.1) is 11.8 Å². The molecule has 17 heavy (non-hydrogen) atoms. The molecule has 3 nitrogen and oxygen atoms in total. The Labute approximate surface area is 106 Å². The first kappa shape index (κ1) is 12.5. The van der Waals surface area contributed by atoms with E-state index in [1.54, 1.807) is 16.7 Å². The highest BCUT2D eigenvalue weighted by atomic mass is 32.2. The van der Waals surface area contributed by atoms with E-state index in [4.69, 9.17) is 0 Å². The van der Waals surface area contributed by atoms with Crippen LogP contribution < -0.4 is 0 Å². The summed E-state index contributed by atoms with van der Waals surface area (Å²) in [6.45, 7) is 3.09. The molecule has 1 saturated heterocycles. The third-order valence-electron chi connectivity index (χ3n) is 2.88. The van der Waals surface area contributed by atoms with Crippen LogP contribution in [0.25, 0.3) is 0 Å². The Morgan fingerprint density at radius 3 is 2.76 bits per heavy atom. The number of hydrogen-bond acceptors (Lipinski definition) is 3. The number of thioether (sulfide) groups is 1. The molecule has 0 saturated carbocycles. The Morgan fingerprint density at radius 1 is 1.47 bits per heavy atom. The second-order valence-electron chi connectivity index (χ2n) is 4.30. The van der Waals surface area contributed by atoms with Crippen LogP contribution >= 0.6 is 11.8 Å². The van der Waals surface area contributed by atoms with Crippen LogP contribution in [0.15, 0.2) is 35.2 Å². The Bertz CT molecular complexity index is 382. The maximum atomic E-state index is 12.1. The van der Waals surface area contributed by atoms with E-state index in [9.17, 15) is 9.90 Å². The third kappa shape index (κ3) is 3.23. The highest BCUT2D eigenvalue weighted by molar-refractivity contribution is 8.00. The number of β-amino-alcohol motifs (C(OH)–C–C–N with tert-alkyl or cyclic N) is 1. The Balaban J connectivity index is 1.92. The standard InChI is InChI=1S/C13H17NO2S/c1-10(17-12-5-3-2-4-6-12)13(16)14-8-7-11(15)9-14/h2-6,10-11,15H,7-9H2,1H3/t10?,11-/m1/s1. The van der Waals surface area contributed by atoms with Gasteiger partial charge >= 0.3 is 0 Å². The molecule has 1 amide bonds. The highest BCUT2D eigenvalue weighted by Gasteiger charge is 2.28. The average Bonchev–Trinajstić information content (AvgIpc) is 2.76. The van der Waals surface area contributed by atoms with E-state index < -0.39 is 0 Å². The molecule has 0 bridgehead atoms. The fraction of sp³-hybridized carbons (Fsp3) is 0.462. The van der Waals surface area contributed by atoms with Gasteiger partial charge in [-0.25, -0.2) is 0 Å². The van der Waals surface area contributed by atoms with Crippen LogP contribution in [0.1, 0.15) is 13.3 Å². The maximum Gasteiger partial charge on any atom is 0.235 e. The molecule has 0 aromatic heterocycles. The minimum Gasteiger partial charge on any atom is -0.391 e. The van der Waals surface area contributed by atoms with Crippen LogP contribution in [0.5, 0.6) is 0 Å². The van der Waals surface area contributed by atoms with Gasteiger partial charge in [0.15, 0.2) is 0 Å². The minimum absolute atomic E-state index is 0.0947. The van der Waals surface area contributed by atoms with Gasteiger partial charge in [-0.2, -0.15) is 0 Å². The number of carbonyl (C=O) groups excluding carboxylic acids is 1. The van der Waals surface area contributed by atoms with Gasteiger partial charge in [0, 0.05) is 18.0 Å². The second-order valence-corrected chi connectivity index (χ2v) is 5.71. The average molecular weight is 251 g/mol. The maximum absolute atomic E-state index is 12.1. The van der Waals surface area contributed by atoms with Crippen molar-refractivity contribution in [2.75, 3.05) is 13.1 Å². The van der Waals surface area contributed by atoms with Crippen LogP contribution in [0.3, 0.4) is 0 Å². The summed E-state index contributed by atoms with van der Waals surface area (Å²) in [5.74, 6) is 0.121. The van der Waals surface area contributed by atoms with Crippen molar-refractivity contribution in [3.05, 3.63) is 30.3 Å². The molecule has 2 atom stereocenters. The van der Waals surface area contributed by atoms with Crippen LogP contribution in [-0.2, 0) is 4.79 Å². The first-order chi connectivity index (χ1) is 8.16.